The molecule has 23 nitrogen and oxygen atoms in total. The number of amides is 4. The lowest BCUT2D eigenvalue weighted by Gasteiger charge is -2.34. The molecular formula is C49H51ClF2N10O13S. The van der Waals surface area contributed by atoms with Crippen LogP contribution in [0.5, 0.6) is 23.3 Å². The number of hydrogen-bond acceptors (Lipinski definition) is 21. The van der Waals surface area contributed by atoms with Crippen molar-refractivity contribution in [1.82, 2.24) is 35.1 Å². The normalized spacial score (nSPS) is 17.6. The van der Waals surface area contributed by atoms with Crippen LogP contribution in [0.4, 0.5) is 32.1 Å². The van der Waals surface area contributed by atoms with Crippen LogP contribution in [0.1, 0.15) is 50.9 Å². The molecule has 27 heteroatoms. The molecule has 4 aliphatic heterocycles. The second-order valence-electron chi connectivity index (χ2n) is 17.5. The molecule has 3 aromatic carbocycles. The molecule has 0 aliphatic carbocycles. The molecule has 9 rings (SSSR count). The zero-order valence-electron chi connectivity index (χ0n) is 41.0. The average molecular weight is 1090 g/mol. The topological polar surface area (TPSA) is 264 Å². The standard InChI is InChI=1S/C49H51ClF2N10O13S/c1-69-48-58-46(55-34-28-29(76(2,67)68)11-12-33(34)54-40(41-32(50)8-5-15-53-41)31-7-4-10-37-42(31)75-49(51,52)74-37)57-47(59-48)61-18-16-60(17-19-61)20-21-70-22-23-71-24-25-72-26-27-73-36-9-3-6-30-39(36)45(66)62(44(30)65)35-13-14-38(63)56-43(35)64/h3-12,15,28,35,40,54H,13-14,16-27H2,1-2H3,(H,56,63,64)(H,55,57,58,59)/t35?,40-/m0/s1. The van der Waals surface area contributed by atoms with Crippen LogP contribution in [0.15, 0.2) is 77.8 Å². The highest BCUT2D eigenvalue weighted by Gasteiger charge is 2.47. The number of fused-ring (bicyclic) bond motifs is 2. The molecular weight excluding hydrogens is 1040 g/mol. The molecule has 4 amide bonds. The lowest BCUT2D eigenvalue weighted by atomic mass is 10.0. The smallest absolute Gasteiger partial charge is 0.490 e. The van der Waals surface area contributed by atoms with Gasteiger partial charge < -0.3 is 48.7 Å². The molecule has 2 aromatic heterocycles. The van der Waals surface area contributed by atoms with Crippen LogP contribution < -0.4 is 39.8 Å². The Morgan fingerprint density at radius 2 is 1.59 bits per heavy atom. The quantitative estimate of drug-likeness (QED) is 0.0610. The third-order valence-corrected chi connectivity index (χ3v) is 13.9. The number of sulfone groups is 1. The number of ether oxygens (including phenoxy) is 7. The molecule has 5 aromatic rings. The highest BCUT2D eigenvalue weighted by Crippen LogP contribution is 2.48. The van der Waals surface area contributed by atoms with Crippen LogP contribution in [0, 0.1) is 0 Å². The van der Waals surface area contributed by atoms with Gasteiger partial charge in [-0.25, -0.2) is 8.42 Å². The fraction of sp³-hybridized carbons (Fsp3) is 0.388. The van der Waals surface area contributed by atoms with Crippen LogP contribution >= 0.6 is 11.6 Å². The second kappa shape index (κ2) is 23.3. The van der Waals surface area contributed by atoms with Gasteiger partial charge in [0.05, 0.1) is 90.9 Å². The Morgan fingerprint density at radius 1 is 0.855 bits per heavy atom. The first-order valence-corrected chi connectivity index (χ1v) is 26.2. The number of hydrogen-bond donors (Lipinski definition) is 3. The number of piperazine rings is 1. The van der Waals surface area contributed by atoms with E-state index in [9.17, 15) is 36.4 Å². The minimum Gasteiger partial charge on any atom is -0.490 e. The van der Waals surface area contributed by atoms with E-state index in [1.807, 2.05) is 4.90 Å². The van der Waals surface area contributed by atoms with Crippen LogP contribution in [0.3, 0.4) is 0 Å². The lowest BCUT2D eigenvalue weighted by molar-refractivity contribution is -0.287. The number of carbonyl (C=O) groups excluding carboxylic acids is 4. The van der Waals surface area contributed by atoms with E-state index < -0.39 is 51.8 Å². The van der Waals surface area contributed by atoms with E-state index in [2.05, 4.69) is 40.8 Å². The number of carbonyl (C=O) groups is 4. The van der Waals surface area contributed by atoms with Gasteiger partial charge in [-0.15, -0.1) is 8.78 Å². The summed E-state index contributed by atoms with van der Waals surface area (Å²) in [6.07, 6.45) is -1.29. The van der Waals surface area contributed by atoms with E-state index in [4.69, 9.17) is 44.8 Å². The predicted octanol–water partition coefficient (Wildman–Crippen LogP) is 4.25. The van der Waals surface area contributed by atoms with Gasteiger partial charge in [-0.2, -0.15) is 15.0 Å². The van der Waals surface area contributed by atoms with E-state index >= 15 is 0 Å². The molecule has 4 aliphatic rings. The number of imide groups is 2. The maximum absolute atomic E-state index is 14.4. The molecule has 76 heavy (non-hydrogen) atoms. The highest BCUT2D eigenvalue weighted by molar-refractivity contribution is 7.90. The number of piperidine rings is 1. The van der Waals surface area contributed by atoms with Crippen LogP contribution in [-0.2, 0) is 33.6 Å². The number of para-hydroxylation sites is 1. The maximum atomic E-state index is 14.4. The zero-order valence-corrected chi connectivity index (χ0v) is 42.5. The highest BCUT2D eigenvalue weighted by atomic mass is 35.5. The summed E-state index contributed by atoms with van der Waals surface area (Å²) >= 11 is 6.64. The molecule has 0 spiro atoms. The van der Waals surface area contributed by atoms with E-state index in [1.54, 1.807) is 30.3 Å². The molecule has 0 saturated carbocycles. The molecule has 2 saturated heterocycles. The van der Waals surface area contributed by atoms with E-state index in [0.29, 0.717) is 65.1 Å². The van der Waals surface area contributed by atoms with E-state index in [1.165, 1.54) is 49.7 Å². The predicted molar refractivity (Wildman–Crippen MR) is 266 cm³/mol. The van der Waals surface area contributed by atoms with Crippen LogP contribution in [0.25, 0.3) is 0 Å². The van der Waals surface area contributed by atoms with Gasteiger partial charge in [0.25, 0.3) is 11.8 Å². The molecule has 2 atom stereocenters. The molecule has 3 N–H and O–H groups in total. The van der Waals surface area contributed by atoms with Gasteiger partial charge in [0, 0.05) is 57.2 Å². The summed E-state index contributed by atoms with van der Waals surface area (Å²) in [6, 6.07) is 14.4. The van der Waals surface area contributed by atoms with Crippen molar-refractivity contribution in [3.63, 3.8) is 0 Å². The molecule has 6 heterocycles. The van der Waals surface area contributed by atoms with Crippen molar-refractivity contribution in [2.45, 2.75) is 36.1 Å². The van der Waals surface area contributed by atoms with Gasteiger partial charge >= 0.3 is 12.3 Å². The first kappa shape index (κ1) is 53.5. The lowest BCUT2D eigenvalue weighted by Crippen LogP contribution is -2.54. The number of nitrogens with one attached hydrogen (secondary N) is 3. The van der Waals surface area contributed by atoms with Gasteiger partial charge in [-0.1, -0.05) is 29.8 Å². The Balaban J connectivity index is 0.728. The Morgan fingerprint density at radius 3 is 2.32 bits per heavy atom. The van der Waals surface area contributed by atoms with E-state index in [0.717, 1.165) is 11.2 Å². The summed E-state index contributed by atoms with van der Waals surface area (Å²) < 4.78 is 92.4. The van der Waals surface area contributed by atoms with Crippen molar-refractivity contribution in [2.24, 2.45) is 0 Å². The number of benzene rings is 3. The number of methoxy groups -OCH3 is 1. The van der Waals surface area contributed by atoms with Crippen molar-refractivity contribution in [1.29, 1.82) is 0 Å². The van der Waals surface area contributed by atoms with Crippen molar-refractivity contribution in [3.05, 3.63) is 100 Å². The van der Waals surface area contributed by atoms with Crippen molar-refractivity contribution < 1.29 is 69.5 Å². The molecule has 0 radical (unpaired) electrons. The number of aromatic nitrogens is 4. The average Bonchev–Trinajstić information content (AvgIpc) is 3.86. The maximum Gasteiger partial charge on any atom is 0.586 e. The molecule has 1 unspecified atom stereocenters. The van der Waals surface area contributed by atoms with Crippen LogP contribution in [0.2, 0.25) is 5.02 Å². The third-order valence-electron chi connectivity index (χ3n) is 12.4. The van der Waals surface area contributed by atoms with Crippen molar-refractivity contribution >= 4 is 68.3 Å². The van der Waals surface area contributed by atoms with Crippen LogP contribution in [-0.4, -0.2) is 166 Å². The van der Waals surface area contributed by atoms with Crippen molar-refractivity contribution in [3.8, 4) is 23.3 Å². The molecule has 402 valence electrons. The summed E-state index contributed by atoms with van der Waals surface area (Å²) in [4.78, 5) is 73.4. The first-order valence-electron chi connectivity index (χ1n) is 23.9. The summed E-state index contributed by atoms with van der Waals surface area (Å²) in [5.74, 6) is -2.32. The SMILES string of the molecule is COc1nc(Nc2cc(S(C)(=O)=O)ccc2N[C@@H](c2cccc3c2OC(F)(F)O3)c2ncccc2Cl)nc(N2CCN(CCOCCOCCOCCOc3cccc4c3C(=O)N(C3CCC(=O)NC3=O)C4=O)CC2)n1. The Kier molecular flexibility index (Phi) is 16.4. The monoisotopic (exact) mass is 1090 g/mol. The van der Waals surface area contributed by atoms with E-state index in [-0.39, 0.29) is 106 Å². The summed E-state index contributed by atoms with van der Waals surface area (Å²) in [7, 11) is -2.33. The second-order valence-corrected chi connectivity index (χ2v) is 19.9. The Labute approximate surface area is 439 Å². The van der Waals surface area contributed by atoms with Gasteiger partial charge in [0.15, 0.2) is 21.3 Å². The Bertz CT molecular complexity index is 3120. The third kappa shape index (κ3) is 12.3. The summed E-state index contributed by atoms with van der Waals surface area (Å²) in [6.45, 7) is 5.09. The number of nitrogens with zero attached hydrogens (tertiary/aromatic N) is 7. The number of pyridine rings is 1. The number of alkyl halides is 2. The number of anilines is 4. The minimum absolute atomic E-state index is 0.0111. The fourth-order valence-electron chi connectivity index (χ4n) is 8.74. The largest absolute Gasteiger partial charge is 0.586 e. The number of halogens is 3. The van der Waals surface area contributed by atoms with Gasteiger partial charge in [-0.3, -0.25) is 39.3 Å². The van der Waals surface area contributed by atoms with Gasteiger partial charge in [0.2, 0.25) is 23.7 Å². The number of rotatable bonds is 23. The summed E-state index contributed by atoms with van der Waals surface area (Å²) in [5.41, 5.74) is 1.13. The molecule has 0 bridgehead atoms. The van der Waals surface area contributed by atoms with Gasteiger partial charge in [-0.05, 0) is 55.0 Å². The minimum atomic E-state index is -3.92. The van der Waals surface area contributed by atoms with Gasteiger partial charge in [0.1, 0.15) is 18.4 Å². The zero-order chi connectivity index (χ0) is 53.6. The van der Waals surface area contributed by atoms with Crippen molar-refractivity contribution in [2.75, 3.05) is 108 Å². The summed E-state index contributed by atoms with van der Waals surface area (Å²) in [5, 5.41) is 8.80. The Hall–Kier alpha value is -7.36. The fourth-order valence-corrected chi connectivity index (χ4v) is 9.61. The first-order chi connectivity index (χ1) is 36.6. The molecule has 2 fully saturated rings.